The van der Waals surface area contributed by atoms with Crippen molar-refractivity contribution in [3.05, 3.63) is 16.8 Å². The van der Waals surface area contributed by atoms with Gasteiger partial charge in [-0.3, -0.25) is 4.79 Å². The van der Waals surface area contributed by atoms with Gasteiger partial charge in [0.05, 0.1) is 5.75 Å². The van der Waals surface area contributed by atoms with E-state index in [1.165, 1.54) is 17.7 Å². The Morgan fingerprint density at radius 2 is 2.00 bits per heavy atom. The fraction of sp³-hybridized carbons (Fsp3) is 0.588. The summed E-state index contributed by atoms with van der Waals surface area (Å²) in [5, 5.41) is 2.05. The molecule has 1 fully saturated rings. The Bertz CT molecular complexity index is 690. The lowest BCUT2D eigenvalue weighted by Crippen LogP contribution is -2.33. The smallest absolute Gasteiger partial charge is 0.232 e. The number of fused-ring (bicyclic) bond motifs is 1. The summed E-state index contributed by atoms with van der Waals surface area (Å²) in [6.45, 7) is 5.90. The molecule has 2 aromatic rings. The quantitative estimate of drug-likeness (QED) is 0.617. The third-order valence-electron chi connectivity index (χ3n) is 4.16. The molecule has 0 N–H and O–H groups in total. The van der Waals surface area contributed by atoms with Crippen LogP contribution < -0.4 is 0 Å². The summed E-state index contributed by atoms with van der Waals surface area (Å²) in [5.74, 6) is 1.50. The third kappa shape index (κ3) is 4.04. The van der Waals surface area contributed by atoms with Crippen molar-refractivity contribution in [2.75, 3.05) is 18.8 Å². The summed E-state index contributed by atoms with van der Waals surface area (Å²) in [6.07, 6.45) is 5.78. The number of carbonyl (C=O) groups is 1. The van der Waals surface area contributed by atoms with Crippen LogP contribution in [0.4, 0.5) is 0 Å². The summed E-state index contributed by atoms with van der Waals surface area (Å²) >= 11 is 3.29. The molecule has 3 rings (SSSR count). The standard InChI is InChI=1S/C17H23N3OS2/c1-3-13-10-14-16(18-12(2)19-17(14)23-13)22-11-15(21)20-8-6-4-5-7-9-20/h10H,3-9,11H2,1-2H3. The fourth-order valence-electron chi connectivity index (χ4n) is 2.87. The first-order chi connectivity index (χ1) is 11.2. The minimum atomic E-state index is 0.243. The van der Waals surface area contributed by atoms with Crippen molar-refractivity contribution >= 4 is 39.2 Å². The maximum absolute atomic E-state index is 12.5. The number of hydrogen-bond donors (Lipinski definition) is 0. The van der Waals surface area contributed by atoms with Crippen molar-refractivity contribution in [1.29, 1.82) is 0 Å². The summed E-state index contributed by atoms with van der Waals surface area (Å²) < 4.78 is 0. The largest absolute Gasteiger partial charge is 0.342 e. The molecule has 2 aromatic heterocycles. The molecule has 0 saturated carbocycles. The molecule has 3 heterocycles. The van der Waals surface area contributed by atoms with E-state index in [-0.39, 0.29) is 5.91 Å². The van der Waals surface area contributed by atoms with Crippen LogP contribution in [0.15, 0.2) is 11.1 Å². The molecule has 0 aliphatic carbocycles. The SMILES string of the molecule is CCc1cc2c(SCC(=O)N3CCCCCC3)nc(C)nc2s1. The molecule has 0 unspecified atom stereocenters. The van der Waals surface area contributed by atoms with E-state index in [1.54, 1.807) is 23.1 Å². The highest BCUT2D eigenvalue weighted by Crippen LogP contribution is 2.32. The van der Waals surface area contributed by atoms with Gasteiger partial charge in [0.1, 0.15) is 15.7 Å². The first kappa shape index (κ1) is 16.7. The minimum Gasteiger partial charge on any atom is -0.342 e. The van der Waals surface area contributed by atoms with E-state index in [0.717, 1.165) is 53.4 Å². The van der Waals surface area contributed by atoms with E-state index in [0.29, 0.717) is 5.75 Å². The van der Waals surface area contributed by atoms with Crippen LogP contribution in [0.25, 0.3) is 10.2 Å². The average Bonchev–Trinajstić information content (AvgIpc) is 2.77. The molecule has 0 aromatic carbocycles. The van der Waals surface area contributed by atoms with E-state index in [1.807, 2.05) is 11.8 Å². The number of nitrogens with zero attached hydrogens (tertiary/aromatic N) is 3. The summed E-state index contributed by atoms with van der Waals surface area (Å²) in [4.78, 5) is 26.0. The molecule has 0 atom stereocenters. The lowest BCUT2D eigenvalue weighted by Gasteiger charge is -2.19. The van der Waals surface area contributed by atoms with E-state index >= 15 is 0 Å². The summed E-state index contributed by atoms with van der Waals surface area (Å²) in [7, 11) is 0. The lowest BCUT2D eigenvalue weighted by atomic mass is 10.2. The highest BCUT2D eigenvalue weighted by Gasteiger charge is 2.17. The molecule has 23 heavy (non-hydrogen) atoms. The molecule has 4 nitrogen and oxygen atoms in total. The Morgan fingerprint density at radius 1 is 1.26 bits per heavy atom. The van der Waals surface area contributed by atoms with Crippen molar-refractivity contribution < 1.29 is 4.79 Å². The van der Waals surface area contributed by atoms with Gasteiger partial charge in [-0.15, -0.1) is 11.3 Å². The van der Waals surface area contributed by atoms with Gasteiger partial charge < -0.3 is 4.90 Å². The van der Waals surface area contributed by atoms with Gasteiger partial charge in [-0.1, -0.05) is 31.5 Å². The van der Waals surface area contributed by atoms with Gasteiger partial charge >= 0.3 is 0 Å². The molecule has 0 radical (unpaired) electrons. The van der Waals surface area contributed by atoms with Crippen LogP contribution in [-0.4, -0.2) is 39.6 Å². The van der Waals surface area contributed by atoms with E-state index < -0.39 is 0 Å². The van der Waals surface area contributed by atoms with Crippen molar-refractivity contribution in [3.63, 3.8) is 0 Å². The Hall–Kier alpha value is -1.14. The molecule has 6 heteroatoms. The Balaban J connectivity index is 1.73. The molecule has 1 saturated heterocycles. The Labute approximate surface area is 145 Å². The van der Waals surface area contributed by atoms with Crippen LogP contribution in [0, 0.1) is 6.92 Å². The van der Waals surface area contributed by atoms with Gasteiger partial charge in [-0.2, -0.15) is 0 Å². The summed E-state index contributed by atoms with van der Waals surface area (Å²) in [5.41, 5.74) is 0. The zero-order chi connectivity index (χ0) is 16.2. The zero-order valence-electron chi connectivity index (χ0n) is 13.8. The van der Waals surface area contributed by atoms with Gasteiger partial charge in [-0.25, -0.2) is 9.97 Å². The normalized spacial score (nSPS) is 15.8. The van der Waals surface area contributed by atoms with Crippen molar-refractivity contribution in [3.8, 4) is 0 Å². The molecular weight excluding hydrogens is 326 g/mol. The Morgan fingerprint density at radius 3 is 2.70 bits per heavy atom. The average molecular weight is 350 g/mol. The first-order valence-electron chi connectivity index (χ1n) is 8.35. The number of rotatable bonds is 4. The van der Waals surface area contributed by atoms with Crippen LogP contribution in [0.3, 0.4) is 0 Å². The van der Waals surface area contributed by atoms with Crippen molar-refractivity contribution in [2.24, 2.45) is 0 Å². The second kappa shape index (κ2) is 7.62. The highest BCUT2D eigenvalue weighted by molar-refractivity contribution is 8.00. The van der Waals surface area contributed by atoms with E-state index in [2.05, 4.69) is 23.0 Å². The number of likely N-dealkylation sites (tertiary alicyclic amines) is 1. The van der Waals surface area contributed by atoms with E-state index in [9.17, 15) is 4.79 Å². The van der Waals surface area contributed by atoms with Crippen LogP contribution in [0.5, 0.6) is 0 Å². The topological polar surface area (TPSA) is 46.1 Å². The molecule has 1 aliphatic rings. The number of aromatic nitrogens is 2. The molecule has 0 bridgehead atoms. The van der Waals surface area contributed by atoms with Crippen LogP contribution >= 0.6 is 23.1 Å². The van der Waals surface area contributed by atoms with Crippen LogP contribution in [-0.2, 0) is 11.2 Å². The molecular formula is C17H23N3OS2. The number of hydrogen-bond acceptors (Lipinski definition) is 5. The monoisotopic (exact) mass is 349 g/mol. The van der Waals surface area contributed by atoms with Crippen LogP contribution in [0.2, 0.25) is 0 Å². The molecule has 1 amide bonds. The fourth-order valence-corrected chi connectivity index (χ4v) is 4.90. The second-order valence-electron chi connectivity index (χ2n) is 5.94. The van der Waals surface area contributed by atoms with Gasteiger partial charge in [0, 0.05) is 23.4 Å². The maximum Gasteiger partial charge on any atom is 0.232 e. The van der Waals surface area contributed by atoms with Gasteiger partial charge in [0.25, 0.3) is 0 Å². The molecule has 1 aliphatic heterocycles. The predicted molar refractivity (Wildman–Crippen MR) is 97.3 cm³/mol. The number of amides is 1. The van der Waals surface area contributed by atoms with Crippen molar-refractivity contribution in [2.45, 2.75) is 51.0 Å². The zero-order valence-corrected chi connectivity index (χ0v) is 15.4. The summed E-state index contributed by atoms with van der Waals surface area (Å²) in [6, 6.07) is 2.18. The minimum absolute atomic E-state index is 0.243. The van der Waals surface area contributed by atoms with Crippen LogP contribution in [0.1, 0.15) is 43.3 Å². The third-order valence-corrected chi connectivity index (χ3v) is 6.31. The maximum atomic E-state index is 12.5. The van der Waals surface area contributed by atoms with Gasteiger partial charge in [0.2, 0.25) is 5.91 Å². The number of carbonyl (C=O) groups excluding carboxylic acids is 1. The number of aryl methyl sites for hydroxylation is 2. The lowest BCUT2D eigenvalue weighted by molar-refractivity contribution is -0.128. The van der Waals surface area contributed by atoms with Gasteiger partial charge in [-0.05, 0) is 32.3 Å². The predicted octanol–water partition coefficient (Wildman–Crippen LogP) is 4.06. The molecule has 0 spiro atoms. The first-order valence-corrected chi connectivity index (χ1v) is 10.1. The second-order valence-corrected chi connectivity index (χ2v) is 8.02. The van der Waals surface area contributed by atoms with Crippen molar-refractivity contribution in [1.82, 2.24) is 14.9 Å². The number of thioether (sulfide) groups is 1. The van der Waals surface area contributed by atoms with E-state index in [4.69, 9.17) is 0 Å². The Kier molecular flexibility index (Phi) is 5.54. The molecule has 124 valence electrons. The number of thiophene rings is 1. The van der Waals surface area contributed by atoms with Gasteiger partial charge in [0.15, 0.2) is 0 Å². The highest BCUT2D eigenvalue weighted by atomic mass is 32.2.